The molecule has 0 spiro atoms. The third-order valence-electron chi connectivity index (χ3n) is 6.17. The molecule has 6 heteroatoms. The highest BCUT2D eigenvalue weighted by molar-refractivity contribution is 6.07. The highest BCUT2D eigenvalue weighted by atomic mass is 16.5. The summed E-state index contributed by atoms with van der Waals surface area (Å²) in [4.78, 5) is 29.5. The van der Waals surface area contributed by atoms with Gasteiger partial charge in [-0.1, -0.05) is 25.5 Å². The Bertz CT molecular complexity index is 942. The van der Waals surface area contributed by atoms with E-state index in [-0.39, 0.29) is 17.9 Å². The van der Waals surface area contributed by atoms with Crippen molar-refractivity contribution in [2.75, 3.05) is 30.0 Å². The van der Waals surface area contributed by atoms with Crippen molar-refractivity contribution in [1.82, 2.24) is 5.32 Å². The van der Waals surface area contributed by atoms with E-state index in [4.69, 9.17) is 4.74 Å². The second-order valence-corrected chi connectivity index (χ2v) is 8.33. The molecular weight excluding hydrogens is 390 g/mol. The van der Waals surface area contributed by atoms with E-state index in [0.29, 0.717) is 12.1 Å². The van der Waals surface area contributed by atoms with E-state index < -0.39 is 0 Å². The van der Waals surface area contributed by atoms with Crippen LogP contribution in [0.4, 0.5) is 11.4 Å². The molecular formula is C25H31N3O3. The van der Waals surface area contributed by atoms with Gasteiger partial charge in [0.15, 0.2) is 0 Å². The molecule has 1 fully saturated rings. The molecule has 4 rings (SSSR count). The van der Waals surface area contributed by atoms with Crippen LogP contribution in [0.15, 0.2) is 42.5 Å². The lowest BCUT2D eigenvalue weighted by Gasteiger charge is -2.44. The third kappa shape index (κ3) is 4.53. The number of anilines is 2. The van der Waals surface area contributed by atoms with Crippen molar-refractivity contribution in [2.24, 2.45) is 0 Å². The van der Waals surface area contributed by atoms with Crippen LogP contribution in [-0.4, -0.2) is 38.1 Å². The van der Waals surface area contributed by atoms with Crippen LogP contribution >= 0.6 is 0 Å². The van der Waals surface area contributed by atoms with E-state index >= 15 is 0 Å². The number of hydrogen-bond donors (Lipinski definition) is 1. The van der Waals surface area contributed by atoms with Crippen LogP contribution in [0.2, 0.25) is 0 Å². The fraction of sp³-hybridized carbons (Fsp3) is 0.440. The molecule has 2 heterocycles. The maximum atomic E-state index is 12.8. The number of ether oxygens (including phenoxy) is 1. The molecule has 1 atom stereocenters. The molecule has 0 aromatic heterocycles. The van der Waals surface area contributed by atoms with Crippen LogP contribution in [-0.2, 0) is 11.3 Å². The number of rotatable bonds is 7. The van der Waals surface area contributed by atoms with E-state index in [2.05, 4.69) is 17.1 Å². The number of carbonyl (C=O) groups is 2. The van der Waals surface area contributed by atoms with Crippen molar-refractivity contribution in [2.45, 2.75) is 51.6 Å². The fourth-order valence-corrected chi connectivity index (χ4v) is 4.32. The van der Waals surface area contributed by atoms with Crippen LogP contribution in [0, 0.1) is 0 Å². The molecule has 6 nitrogen and oxygen atoms in total. The summed E-state index contributed by atoms with van der Waals surface area (Å²) in [6.45, 7) is 4.19. The minimum atomic E-state index is -0.146. The zero-order chi connectivity index (χ0) is 21.8. The maximum Gasteiger partial charge on any atom is 0.251 e. The molecule has 2 aliphatic heterocycles. The molecule has 2 aliphatic rings. The SMILES string of the molecule is CCCCOc1ccc(CNC(=O)c2ccc3c(c2)N(C)C(=O)[C@@H]2CCCCN32)cc1. The number of unbranched alkanes of at least 4 members (excludes halogenated alkanes) is 1. The van der Waals surface area contributed by atoms with Crippen LogP contribution in [0.5, 0.6) is 5.75 Å². The molecule has 0 aliphatic carbocycles. The number of hydrogen-bond acceptors (Lipinski definition) is 4. The molecule has 0 bridgehead atoms. The fourth-order valence-electron chi connectivity index (χ4n) is 4.32. The van der Waals surface area contributed by atoms with E-state index in [1.165, 1.54) is 0 Å². The monoisotopic (exact) mass is 421 g/mol. The topological polar surface area (TPSA) is 61.9 Å². The molecule has 2 amide bonds. The summed E-state index contributed by atoms with van der Waals surface area (Å²) in [6, 6.07) is 13.4. The molecule has 1 saturated heterocycles. The van der Waals surface area contributed by atoms with Gasteiger partial charge in [-0.2, -0.15) is 0 Å². The van der Waals surface area contributed by atoms with E-state index in [9.17, 15) is 9.59 Å². The minimum Gasteiger partial charge on any atom is -0.494 e. The lowest BCUT2D eigenvalue weighted by atomic mass is 9.96. The Balaban J connectivity index is 1.41. The zero-order valence-electron chi connectivity index (χ0n) is 18.4. The smallest absolute Gasteiger partial charge is 0.251 e. The summed E-state index contributed by atoms with van der Waals surface area (Å²) in [7, 11) is 1.80. The first-order valence-corrected chi connectivity index (χ1v) is 11.3. The Hall–Kier alpha value is -3.02. The second kappa shape index (κ2) is 9.41. The van der Waals surface area contributed by atoms with Crippen molar-refractivity contribution in [1.29, 1.82) is 0 Å². The predicted octanol–water partition coefficient (Wildman–Crippen LogP) is 4.13. The van der Waals surface area contributed by atoms with Crippen LogP contribution in [0.25, 0.3) is 0 Å². The Morgan fingerprint density at radius 3 is 2.71 bits per heavy atom. The van der Waals surface area contributed by atoms with Crippen LogP contribution in [0.1, 0.15) is 54.9 Å². The van der Waals surface area contributed by atoms with Gasteiger partial charge in [-0.3, -0.25) is 9.59 Å². The van der Waals surface area contributed by atoms with Gasteiger partial charge in [0.2, 0.25) is 5.91 Å². The quantitative estimate of drug-likeness (QED) is 0.683. The first kappa shape index (κ1) is 21.2. The molecule has 31 heavy (non-hydrogen) atoms. The van der Waals surface area contributed by atoms with Crippen molar-refractivity contribution in [3.63, 3.8) is 0 Å². The number of likely N-dealkylation sites (N-methyl/N-ethyl adjacent to an activating group) is 1. The average Bonchev–Trinajstić information content (AvgIpc) is 2.81. The average molecular weight is 422 g/mol. The molecule has 0 radical (unpaired) electrons. The van der Waals surface area contributed by atoms with Gasteiger partial charge in [-0.05, 0) is 61.6 Å². The van der Waals surface area contributed by atoms with Gasteiger partial charge in [0, 0.05) is 25.7 Å². The summed E-state index contributed by atoms with van der Waals surface area (Å²) < 4.78 is 5.68. The lowest BCUT2D eigenvalue weighted by molar-refractivity contribution is -0.120. The molecule has 164 valence electrons. The highest BCUT2D eigenvalue weighted by Gasteiger charge is 2.37. The molecule has 2 aromatic carbocycles. The minimum absolute atomic E-state index is 0.0696. The number of benzene rings is 2. The Morgan fingerprint density at radius 1 is 1.13 bits per heavy atom. The van der Waals surface area contributed by atoms with Crippen LogP contribution in [0.3, 0.4) is 0 Å². The Morgan fingerprint density at radius 2 is 1.94 bits per heavy atom. The first-order chi connectivity index (χ1) is 15.1. The standard InChI is InChI=1S/C25H31N3O3/c1-3-4-15-31-20-11-8-18(9-12-20)17-26-24(29)19-10-13-21-23(16-19)27(2)25(30)22-7-5-6-14-28(21)22/h8-13,16,22H,3-7,14-15,17H2,1-2H3,(H,26,29)/t22-/m0/s1. The third-order valence-corrected chi connectivity index (χ3v) is 6.17. The summed E-state index contributed by atoms with van der Waals surface area (Å²) in [6.07, 6.45) is 5.22. The Labute approximate surface area is 184 Å². The van der Waals surface area contributed by atoms with Gasteiger partial charge in [-0.15, -0.1) is 0 Å². The normalized spacial score (nSPS) is 17.7. The van der Waals surface area contributed by atoms with E-state index in [0.717, 1.165) is 67.9 Å². The van der Waals surface area contributed by atoms with Gasteiger partial charge in [0.1, 0.15) is 11.8 Å². The summed E-state index contributed by atoms with van der Waals surface area (Å²) in [5, 5.41) is 2.98. The van der Waals surface area contributed by atoms with Gasteiger partial charge >= 0.3 is 0 Å². The first-order valence-electron chi connectivity index (χ1n) is 11.3. The number of fused-ring (bicyclic) bond motifs is 3. The van der Waals surface area contributed by atoms with E-state index in [1.807, 2.05) is 42.5 Å². The number of carbonyl (C=O) groups excluding carboxylic acids is 2. The number of nitrogens with zero attached hydrogens (tertiary/aromatic N) is 2. The maximum absolute atomic E-state index is 12.8. The number of amides is 2. The van der Waals surface area contributed by atoms with Crippen molar-refractivity contribution in [3.05, 3.63) is 53.6 Å². The second-order valence-electron chi connectivity index (χ2n) is 8.33. The van der Waals surface area contributed by atoms with Gasteiger partial charge in [-0.25, -0.2) is 0 Å². The molecule has 0 saturated carbocycles. The van der Waals surface area contributed by atoms with E-state index in [1.54, 1.807) is 11.9 Å². The van der Waals surface area contributed by atoms with Crippen molar-refractivity contribution >= 4 is 23.2 Å². The zero-order valence-corrected chi connectivity index (χ0v) is 18.4. The summed E-state index contributed by atoms with van der Waals surface area (Å²) in [5.74, 6) is 0.820. The Kier molecular flexibility index (Phi) is 6.44. The lowest BCUT2D eigenvalue weighted by Crippen LogP contribution is -2.54. The van der Waals surface area contributed by atoms with Crippen molar-refractivity contribution in [3.8, 4) is 5.75 Å². The van der Waals surface area contributed by atoms with Gasteiger partial charge in [0.25, 0.3) is 5.91 Å². The highest BCUT2D eigenvalue weighted by Crippen LogP contribution is 2.39. The largest absolute Gasteiger partial charge is 0.494 e. The number of nitrogens with one attached hydrogen (secondary N) is 1. The van der Waals surface area contributed by atoms with Gasteiger partial charge < -0.3 is 19.9 Å². The number of piperidine rings is 1. The van der Waals surface area contributed by atoms with Crippen LogP contribution < -0.4 is 19.9 Å². The summed E-state index contributed by atoms with van der Waals surface area (Å²) >= 11 is 0. The van der Waals surface area contributed by atoms with Crippen molar-refractivity contribution < 1.29 is 14.3 Å². The molecule has 2 aromatic rings. The molecule has 0 unspecified atom stereocenters. The summed E-state index contributed by atoms with van der Waals surface area (Å²) in [5.41, 5.74) is 3.43. The predicted molar refractivity (Wildman–Crippen MR) is 123 cm³/mol. The molecule has 1 N–H and O–H groups in total. The van der Waals surface area contributed by atoms with Gasteiger partial charge in [0.05, 0.1) is 18.0 Å².